The lowest BCUT2D eigenvalue weighted by Gasteiger charge is -2.30. The summed E-state index contributed by atoms with van der Waals surface area (Å²) in [6, 6.07) is 7.73. The molecule has 1 atom stereocenters. The van der Waals surface area contributed by atoms with E-state index in [9.17, 15) is 4.79 Å². The molecule has 30 heavy (non-hydrogen) atoms. The molecule has 2 aliphatic rings. The summed E-state index contributed by atoms with van der Waals surface area (Å²) in [6.07, 6.45) is 5.91. The molecular formula is C21H25ClN6OS. The first-order chi connectivity index (χ1) is 14.4. The van der Waals surface area contributed by atoms with E-state index in [0.717, 1.165) is 49.5 Å². The van der Waals surface area contributed by atoms with Crippen LogP contribution in [0.5, 0.6) is 0 Å². The lowest BCUT2D eigenvalue weighted by atomic mass is 9.89. The average molecular weight is 445 g/mol. The number of aliphatic imine (C=N–C) groups is 1. The van der Waals surface area contributed by atoms with Gasteiger partial charge in [-0.15, -0.1) is 11.6 Å². The second-order valence-electron chi connectivity index (χ2n) is 7.78. The van der Waals surface area contributed by atoms with Crippen molar-refractivity contribution in [3.05, 3.63) is 47.9 Å². The number of carbonyl (C=O) groups excluding carboxylic acids is 1. The highest BCUT2D eigenvalue weighted by atomic mass is 35.5. The topological polar surface area (TPSA) is 96.5 Å². The van der Waals surface area contributed by atoms with Gasteiger partial charge in [0.05, 0.1) is 17.9 Å². The van der Waals surface area contributed by atoms with Crippen LogP contribution in [0, 0.1) is 0 Å². The van der Waals surface area contributed by atoms with Gasteiger partial charge in [-0.05, 0) is 43.9 Å². The van der Waals surface area contributed by atoms with E-state index in [0.29, 0.717) is 10.9 Å². The van der Waals surface area contributed by atoms with E-state index in [1.165, 1.54) is 6.20 Å². The van der Waals surface area contributed by atoms with Crippen LogP contribution in [0.2, 0.25) is 0 Å². The van der Waals surface area contributed by atoms with E-state index < -0.39 is 0 Å². The first-order valence-corrected chi connectivity index (χ1v) is 11.5. The molecular weight excluding hydrogens is 420 g/mol. The van der Waals surface area contributed by atoms with Gasteiger partial charge in [-0.2, -0.15) is 0 Å². The third-order valence-electron chi connectivity index (χ3n) is 5.56. The predicted octanol–water partition coefficient (Wildman–Crippen LogP) is 3.60. The predicted molar refractivity (Wildman–Crippen MR) is 124 cm³/mol. The van der Waals surface area contributed by atoms with Crippen molar-refractivity contribution in [1.82, 2.24) is 9.97 Å². The Bertz CT molecular complexity index is 945. The summed E-state index contributed by atoms with van der Waals surface area (Å²) in [7, 11) is 0. The number of alkyl halides is 1. The van der Waals surface area contributed by atoms with Gasteiger partial charge < -0.3 is 16.0 Å². The van der Waals surface area contributed by atoms with Gasteiger partial charge in [-0.3, -0.25) is 9.79 Å². The van der Waals surface area contributed by atoms with Crippen molar-refractivity contribution in [1.29, 1.82) is 0 Å². The Labute approximate surface area is 185 Å². The lowest BCUT2D eigenvalue weighted by Crippen LogP contribution is -2.34. The molecule has 9 heteroatoms. The molecule has 1 fully saturated rings. The third-order valence-corrected chi connectivity index (χ3v) is 6.79. The number of halogens is 1. The molecule has 1 aromatic carbocycles. The molecule has 0 spiro atoms. The maximum absolute atomic E-state index is 12.7. The van der Waals surface area contributed by atoms with Gasteiger partial charge in [0.15, 0.2) is 5.17 Å². The standard InChI is InChI=1S/C21H25ClN6OS/c1-21(7-10-30-20(23)27-21)14-3-2-4-16(11-14)26-19(29)17-12-25-18(13-24-17)28-8-5-15(22)6-9-28/h2-4,11-13,15H,5-10H2,1H3,(H2,23,27)(H,26,29). The van der Waals surface area contributed by atoms with Crippen LogP contribution in [-0.4, -0.2) is 45.3 Å². The lowest BCUT2D eigenvalue weighted by molar-refractivity contribution is 0.102. The van der Waals surface area contributed by atoms with Crippen LogP contribution in [-0.2, 0) is 5.54 Å². The monoisotopic (exact) mass is 444 g/mol. The van der Waals surface area contributed by atoms with E-state index in [4.69, 9.17) is 17.3 Å². The number of nitrogens with zero attached hydrogens (tertiary/aromatic N) is 4. The number of hydrogen-bond acceptors (Lipinski definition) is 7. The molecule has 1 saturated heterocycles. The Morgan fingerprint density at radius 3 is 2.80 bits per heavy atom. The molecule has 2 aliphatic heterocycles. The number of amidine groups is 1. The SMILES string of the molecule is CC1(c2cccc(NC(=O)c3cnc(N4CCC(Cl)CC4)cn3)c2)CCSC(N)=N1. The summed E-state index contributed by atoms with van der Waals surface area (Å²) >= 11 is 7.73. The van der Waals surface area contributed by atoms with Crippen molar-refractivity contribution in [2.75, 3.05) is 29.1 Å². The van der Waals surface area contributed by atoms with Gasteiger partial charge in [-0.25, -0.2) is 9.97 Å². The minimum atomic E-state index is -0.381. The summed E-state index contributed by atoms with van der Waals surface area (Å²) in [4.78, 5) is 28.2. The van der Waals surface area contributed by atoms with Gasteiger partial charge in [0.2, 0.25) is 0 Å². The van der Waals surface area contributed by atoms with Gasteiger partial charge in [0.1, 0.15) is 11.5 Å². The Kier molecular flexibility index (Phi) is 6.15. The first kappa shape index (κ1) is 20.9. The molecule has 158 valence electrons. The number of anilines is 2. The highest BCUT2D eigenvalue weighted by Crippen LogP contribution is 2.35. The van der Waals surface area contributed by atoms with Gasteiger partial charge >= 0.3 is 0 Å². The maximum Gasteiger partial charge on any atom is 0.275 e. The van der Waals surface area contributed by atoms with E-state index >= 15 is 0 Å². The molecule has 3 heterocycles. The summed E-state index contributed by atoms with van der Waals surface area (Å²) in [5.74, 6) is 1.40. The Morgan fingerprint density at radius 1 is 1.30 bits per heavy atom. The van der Waals surface area contributed by atoms with Crippen molar-refractivity contribution in [2.24, 2.45) is 10.7 Å². The second-order valence-corrected chi connectivity index (χ2v) is 9.51. The van der Waals surface area contributed by atoms with E-state index in [1.807, 2.05) is 24.3 Å². The van der Waals surface area contributed by atoms with Crippen LogP contribution in [0.1, 0.15) is 42.2 Å². The number of carbonyl (C=O) groups is 1. The molecule has 0 saturated carbocycles. The van der Waals surface area contributed by atoms with E-state index in [-0.39, 0.29) is 22.5 Å². The summed E-state index contributed by atoms with van der Waals surface area (Å²) in [5, 5.41) is 3.74. The minimum absolute atomic E-state index is 0.228. The largest absolute Gasteiger partial charge is 0.379 e. The number of hydrogen-bond donors (Lipinski definition) is 2. The van der Waals surface area contributed by atoms with Crippen molar-refractivity contribution >= 4 is 45.9 Å². The highest BCUT2D eigenvalue weighted by molar-refractivity contribution is 8.13. The molecule has 0 aliphatic carbocycles. The highest BCUT2D eigenvalue weighted by Gasteiger charge is 2.29. The fourth-order valence-electron chi connectivity index (χ4n) is 3.70. The Hall–Kier alpha value is -2.32. The average Bonchev–Trinajstić information content (AvgIpc) is 2.74. The van der Waals surface area contributed by atoms with E-state index in [2.05, 4.69) is 32.1 Å². The molecule has 0 radical (unpaired) electrons. The zero-order valence-corrected chi connectivity index (χ0v) is 18.4. The first-order valence-electron chi connectivity index (χ1n) is 10.0. The third kappa shape index (κ3) is 4.70. The number of piperidine rings is 1. The Morgan fingerprint density at radius 2 is 2.10 bits per heavy atom. The number of nitrogens with two attached hydrogens (primary N) is 1. The van der Waals surface area contributed by atoms with Gasteiger partial charge in [0, 0.05) is 29.9 Å². The number of nitrogens with one attached hydrogen (secondary N) is 1. The van der Waals surface area contributed by atoms with Crippen LogP contribution in [0.15, 0.2) is 41.7 Å². The molecule has 3 N–H and O–H groups in total. The minimum Gasteiger partial charge on any atom is -0.379 e. The smallest absolute Gasteiger partial charge is 0.275 e. The molecule has 1 aromatic heterocycles. The zero-order chi connectivity index (χ0) is 21.1. The number of thioether (sulfide) groups is 1. The van der Waals surface area contributed by atoms with Crippen molar-refractivity contribution < 1.29 is 4.79 Å². The summed E-state index contributed by atoms with van der Waals surface area (Å²) in [5.41, 5.74) is 7.55. The fourth-order valence-corrected chi connectivity index (χ4v) is 4.87. The molecule has 4 rings (SSSR count). The molecule has 1 unspecified atom stereocenters. The van der Waals surface area contributed by atoms with Gasteiger partial charge in [-0.1, -0.05) is 23.9 Å². The molecule has 2 aromatic rings. The fraction of sp³-hybridized carbons (Fsp3) is 0.429. The quantitative estimate of drug-likeness (QED) is 0.699. The second kappa shape index (κ2) is 8.81. The van der Waals surface area contributed by atoms with Crippen molar-refractivity contribution in [3.63, 3.8) is 0 Å². The van der Waals surface area contributed by atoms with Crippen molar-refractivity contribution in [3.8, 4) is 0 Å². The molecule has 0 bridgehead atoms. The van der Waals surface area contributed by atoms with E-state index in [1.54, 1.807) is 18.0 Å². The van der Waals surface area contributed by atoms with Crippen LogP contribution in [0.25, 0.3) is 0 Å². The summed E-state index contributed by atoms with van der Waals surface area (Å²) in [6.45, 7) is 3.77. The van der Waals surface area contributed by atoms with Crippen LogP contribution < -0.4 is 16.0 Å². The summed E-state index contributed by atoms with van der Waals surface area (Å²) < 4.78 is 0. The number of amides is 1. The Balaban J connectivity index is 1.45. The number of rotatable bonds is 4. The zero-order valence-electron chi connectivity index (χ0n) is 16.8. The molecule has 7 nitrogen and oxygen atoms in total. The van der Waals surface area contributed by atoms with Crippen LogP contribution in [0.3, 0.4) is 0 Å². The van der Waals surface area contributed by atoms with Crippen LogP contribution >= 0.6 is 23.4 Å². The van der Waals surface area contributed by atoms with Crippen molar-refractivity contribution in [2.45, 2.75) is 37.1 Å². The molecule has 1 amide bonds. The van der Waals surface area contributed by atoms with Gasteiger partial charge in [0.25, 0.3) is 5.91 Å². The number of aromatic nitrogens is 2. The number of benzene rings is 1. The normalized spacial score (nSPS) is 22.5. The maximum atomic E-state index is 12.7. The van der Waals surface area contributed by atoms with Crippen LogP contribution in [0.4, 0.5) is 11.5 Å².